The van der Waals surface area contributed by atoms with E-state index in [1.165, 1.54) is 0 Å². The Morgan fingerprint density at radius 2 is 1.79 bits per heavy atom. The third-order valence-corrected chi connectivity index (χ3v) is 2.83. The summed E-state index contributed by atoms with van der Waals surface area (Å²) < 4.78 is 0. The molecule has 74 valence electrons. The lowest BCUT2D eigenvalue weighted by atomic mass is 9.93. The number of benzene rings is 1. The summed E-state index contributed by atoms with van der Waals surface area (Å²) in [6, 6.07) is 9.51. The summed E-state index contributed by atoms with van der Waals surface area (Å²) in [4.78, 5) is 14.3. The van der Waals surface area contributed by atoms with E-state index in [4.69, 9.17) is 0 Å². The fourth-order valence-corrected chi connectivity index (χ4v) is 1.70. The fourth-order valence-electron chi connectivity index (χ4n) is 1.70. The number of nitrogens with zero attached hydrogens (tertiary/aromatic N) is 1. The molecule has 2 heteroatoms. The van der Waals surface area contributed by atoms with Crippen LogP contribution in [0.1, 0.15) is 24.2 Å². The van der Waals surface area contributed by atoms with Crippen LogP contribution < -0.4 is 0 Å². The van der Waals surface area contributed by atoms with Crippen LogP contribution in [-0.2, 0) is 0 Å². The van der Waals surface area contributed by atoms with Gasteiger partial charge in [-0.2, -0.15) is 0 Å². The van der Waals surface area contributed by atoms with Crippen molar-refractivity contribution in [2.24, 2.45) is 0 Å². The van der Waals surface area contributed by atoms with Gasteiger partial charge in [-0.3, -0.25) is 9.69 Å². The Labute approximate surface area is 84.5 Å². The molecule has 0 spiro atoms. The van der Waals surface area contributed by atoms with E-state index >= 15 is 0 Å². The van der Waals surface area contributed by atoms with Gasteiger partial charge in [-0.15, -0.1) is 0 Å². The molecule has 2 rings (SSSR count). The summed E-state index contributed by atoms with van der Waals surface area (Å²) in [6.07, 6.45) is 0. The van der Waals surface area contributed by atoms with Crippen molar-refractivity contribution >= 4 is 5.78 Å². The summed E-state index contributed by atoms with van der Waals surface area (Å²) in [5.41, 5.74) is 0.478. The lowest BCUT2D eigenvalue weighted by Crippen LogP contribution is -2.39. The maximum absolute atomic E-state index is 12.1. The smallest absolute Gasteiger partial charge is 0.182 e. The molecule has 0 saturated carbocycles. The highest BCUT2D eigenvalue weighted by molar-refractivity contribution is 6.02. The first kappa shape index (κ1) is 9.41. The number of hydrogen-bond donors (Lipinski definition) is 0. The van der Waals surface area contributed by atoms with Crippen LogP contribution >= 0.6 is 0 Å². The minimum absolute atomic E-state index is 0.218. The number of Topliss-reactive ketones (excluding diaryl/α,β-unsaturated/α-hetero) is 1. The average Bonchev–Trinajstić information content (AvgIpc) is 3.01. The number of carbonyl (C=O) groups is 1. The summed E-state index contributed by atoms with van der Waals surface area (Å²) in [6.45, 7) is 6.09. The van der Waals surface area contributed by atoms with Crippen molar-refractivity contribution < 1.29 is 4.79 Å². The maximum Gasteiger partial charge on any atom is 0.182 e. The zero-order valence-electron chi connectivity index (χ0n) is 8.66. The monoisotopic (exact) mass is 189 g/mol. The van der Waals surface area contributed by atoms with Gasteiger partial charge in [-0.1, -0.05) is 30.3 Å². The Hall–Kier alpha value is -1.15. The van der Waals surface area contributed by atoms with E-state index in [0.717, 1.165) is 18.7 Å². The van der Waals surface area contributed by atoms with Crippen LogP contribution in [0.3, 0.4) is 0 Å². The highest BCUT2D eigenvalue weighted by Gasteiger charge is 2.40. The molecule has 1 aliphatic rings. The first-order chi connectivity index (χ1) is 6.62. The first-order valence-corrected chi connectivity index (χ1v) is 4.97. The van der Waals surface area contributed by atoms with Crippen LogP contribution in [0.5, 0.6) is 0 Å². The highest BCUT2D eigenvalue weighted by Crippen LogP contribution is 2.25. The van der Waals surface area contributed by atoms with E-state index in [0.29, 0.717) is 0 Å². The van der Waals surface area contributed by atoms with Gasteiger partial charge in [-0.25, -0.2) is 0 Å². The van der Waals surface area contributed by atoms with Gasteiger partial charge in [0.1, 0.15) is 0 Å². The zero-order valence-corrected chi connectivity index (χ0v) is 8.66. The molecule has 1 aliphatic heterocycles. The van der Waals surface area contributed by atoms with E-state index in [9.17, 15) is 4.79 Å². The van der Waals surface area contributed by atoms with E-state index in [1.807, 2.05) is 44.2 Å². The topological polar surface area (TPSA) is 20.1 Å². The second-order valence-corrected chi connectivity index (χ2v) is 4.24. The van der Waals surface area contributed by atoms with Crippen molar-refractivity contribution in [3.8, 4) is 0 Å². The Morgan fingerprint density at radius 1 is 1.21 bits per heavy atom. The van der Waals surface area contributed by atoms with Gasteiger partial charge < -0.3 is 0 Å². The molecule has 0 radical (unpaired) electrons. The Kier molecular flexibility index (Phi) is 2.16. The Balaban J connectivity index is 2.23. The molecule has 14 heavy (non-hydrogen) atoms. The van der Waals surface area contributed by atoms with Crippen LogP contribution in [0.25, 0.3) is 0 Å². The van der Waals surface area contributed by atoms with Gasteiger partial charge in [0.2, 0.25) is 0 Å². The third-order valence-electron chi connectivity index (χ3n) is 2.83. The second-order valence-electron chi connectivity index (χ2n) is 4.24. The van der Waals surface area contributed by atoms with Crippen molar-refractivity contribution in [2.75, 3.05) is 13.1 Å². The highest BCUT2D eigenvalue weighted by atomic mass is 16.1. The lowest BCUT2D eigenvalue weighted by molar-refractivity contribution is 0.0823. The molecule has 0 unspecified atom stereocenters. The molecule has 0 bridgehead atoms. The van der Waals surface area contributed by atoms with Crippen molar-refractivity contribution in [2.45, 2.75) is 19.4 Å². The number of ketones is 1. The Bertz CT molecular complexity index is 339. The SMILES string of the molecule is CC(C)(C(=O)c1ccccc1)N1CC1. The molecule has 0 amide bonds. The summed E-state index contributed by atoms with van der Waals surface area (Å²) >= 11 is 0. The molecular formula is C12H15NO. The molecule has 1 fully saturated rings. The second kappa shape index (κ2) is 3.21. The maximum atomic E-state index is 12.1. The summed E-state index contributed by atoms with van der Waals surface area (Å²) in [5.74, 6) is 0.218. The molecule has 0 aromatic heterocycles. The lowest BCUT2D eigenvalue weighted by Gasteiger charge is -2.24. The van der Waals surface area contributed by atoms with Gasteiger partial charge in [0.25, 0.3) is 0 Å². The third kappa shape index (κ3) is 1.58. The van der Waals surface area contributed by atoms with Gasteiger partial charge >= 0.3 is 0 Å². The quantitative estimate of drug-likeness (QED) is 0.535. The molecule has 1 heterocycles. The van der Waals surface area contributed by atoms with Crippen LogP contribution in [0.4, 0.5) is 0 Å². The van der Waals surface area contributed by atoms with Gasteiger partial charge in [0.15, 0.2) is 5.78 Å². The molecule has 0 N–H and O–H groups in total. The molecule has 0 aliphatic carbocycles. The number of carbonyl (C=O) groups excluding carboxylic acids is 1. The molecule has 2 nitrogen and oxygen atoms in total. The van der Waals surface area contributed by atoms with Crippen LogP contribution in [-0.4, -0.2) is 29.3 Å². The molecule has 1 saturated heterocycles. The van der Waals surface area contributed by atoms with Gasteiger partial charge in [0.05, 0.1) is 5.54 Å². The summed E-state index contributed by atoms with van der Waals surface area (Å²) in [7, 11) is 0. The van der Waals surface area contributed by atoms with Crippen molar-refractivity contribution in [1.82, 2.24) is 4.90 Å². The molecule has 1 aromatic rings. The molecule has 0 atom stereocenters. The van der Waals surface area contributed by atoms with E-state index in [2.05, 4.69) is 4.90 Å². The number of rotatable bonds is 3. The van der Waals surface area contributed by atoms with Crippen molar-refractivity contribution in [3.05, 3.63) is 35.9 Å². The standard InChI is InChI=1S/C12H15NO/c1-12(2,13-8-9-13)11(14)10-6-4-3-5-7-10/h3-7H,8-9H2,1-2H3. The Morgan fingerprint density at radius 3 is 2.29 bits per heavy atom. The average molecular weight is 189 g/mol. The number of hydrogen-bond acceptors (Lipinski definition) is 2. The van der Waals surface area contributed by atoms with E-state index < -0.39 is 0 Å². The minimum Gasteiger partial charge on any atom is -0.292 e. The minimum atomic E-state index is -0.332. The van der Waals surface area contributed by atoms with E-state index in [1.54, 1.807) is 0 Å². The largest absolute Gasteiger partial charge is 0.292 e. The molecular weight excluding hydrogens is 174 g/mol. The normalized spacial score (nSPS) is 16.7. The van der Waals surface area contributed by atoms with Crippen LogP contribution in [0.15, 0.2) is 30.3 Å². The van der Waals surface area contributed by atoms with Crippen LogP contribution in [0, 0.1) is 0 Å². The predicted molar refractivity (Wildman–Crippen MR) is 56.4 cm³/mol. The van der Waals surface area contributed by atoms with Gasteiger partial charge in [-0.05, 0) is 13.8 Å². The van der Waals surface area contributed by atoms with Crippen molar-refractivity contribution in [3.63, 3.8) is 0 Å². The van der Waals surface area contributed by atoms with Crippen LogP contribution in [0.2, 0.25) is 0 Å². The summed E-state index contributed by atoms with van der Waals surface area (Å²) in [5, 5.41) is 0. The first-order valence-electron chi connectivity index (χ1n) is 4.97. The predicted octanol–water partition coefficient (Wildman–Crippen LogP) is 1.96. The zero-order chi connectivity index (χ0) is 10.2. The fraction of sp³-hybridized carbons (Fsp3) is 0.417. The van der Waals surface area contributed by atoms with Crippen molar-refractivity contribution in [1.29, 1.82) is 0 Å². The molecule has 1 aromatic carbocycles. The van der Waals surface area contributed by atoms with E-state index in [-0.39, 0.29) is 11.3 Å². The van der Waals surface area contributed by atoms with Gasteiger partial charge in [0, 0.05) is 18.7 Å².